The zero-order valence-electron chi connectivity index (χ0n) is 8.49. The summed E-state index contributed by atoms with van der Waals surface area (Å²) in [6.07, 6.45) is 0. The van der Waals surface area contributed by atoms with Crippen molar-refractivity contribution in [3.05, 3.63) is 17.9 Å². The molecule has 0 radical (unpaired) electrons. The molecule has 0 atom stereocenters. The standard InChI is InChI=1S/C7H13NO4S.Na/c1-5(6(8)9)7(2,3)4-13(10,11)12;/h1,4H2,2-3H3,(H3,8,9,10,11,12);/q;+1/p-1. The van der Waals surface area contributed by atoms with Crippen LogP contribution in [0.1, 0.15) is 13.8 Å². The number of hydrogen-bond donors (Lipinski definition) is 1. The molecule has 0 aliphatic carbocycles. The normalized spacial score (nSPS) is 11.6. The van der Waals surface area contributed by atoms with E-state index in [1.165, 1.54) is 13.8 Å². The Kier molecular flexibility index (Phi) is 6.23. The van der Waals surface area contributed by atoms with Crippen LogP contribution >= 0.6 is 0 Å². The SMILES string of the molecule is C=C(C([NH-])=O)C(C)(C)CS(=O)(=O)O.[Na+]. The monoisotopic (exact) mass is 229 g/mol. The van der Waals surface area contributed by atoms with Crippen LogP contribution in [0.25, 0.3) is 5.73 Å². The van der Waals surface area contributed by atoms with E-state index in [-0.39, 0.29) is 35.1 Å². The molecule has 0 aromatic rings. The Morgan fingerprint density at radius 3 is 2.07 bits per heavy atom. The zero-order chi connectivity index (χ0) is 10.9. The molecule has 0 aromatic heterocycles. The van der Waals surface area contributed by atoms with Crippen LogP contribution in [0.4, 0.5) is 0 Å². The molecule has 0 bridgehead atoms. The second-order valence-electron chi connectivity index (χ2n) is 3.42. The maximum absolute atomic E-state index is 10.6. The average molecular weight is 229 g/mol. The number of hydrogen-bond acceptors (Lipinski definition) is 3. The van der Waals surface area contributed by atoms with E-state index in [1.807, 2.05) is 0 Å². The van der Waals surface area contributed by atoms with E-state index >= 15 is 0 Å². The van der Waals surface area contributed by atoms with E-state index in [0.29, 0.717) is 0 Å². The minimum Gasteiger partial charge on any atom is -0.664 e. The van der Waals surface area contributed by atoms with Crippen LogP contribution in [0.5, 0.6) is 0 Å². The molecule has 7 heteroatoms. The van der Waals surface area contributed by atoms with Crippen molar-refractivity contribution < 1.29 is 47.3 Å². The molecule has 0 saturated carbocycles. The van der Waals surface area contributed by atoms with E-state index in [4.69, 9.17) is 10.3 Å². The molecule has 0 unspecified atom stereocenters. The molecule has 76 valence electrons. The first-order chi connectivity index (χ1) is 5.56. The molecule has 0 aliphatic rings. The first kappa shape index (κ1) is 16.5. The van der Waals surface area contributed by atoms with Crippen molar-refractivity contribution in [2.45, 2.75) is 13.8 Å². The van der Waals surface area contributed by atoms with Crippen molar-refractivity contribution >= 4 is 16.0 Å². The van der Waals surface area contributed by atoms with Gasteiger partial charge < -0.3 is 10.5 Å². The summed E-state index contributed by atoms with van der Waals surface area (Å²) in [5.74, 6) is -1.63. The van der Waals surface area contributed by atoms with Crippen LogP contribution in [0, 0.1) is 5.41 Å². The minimum absolute atomic E-state index is 0. The predicted octanol–water partition coefficient (Wildman–Crippen LogP) is -1.96. The Balaban J connectivity index is 0. The van der Waals surface area contributed by atoms with E-state index in [0.717, 1.165) is 0 Å². The smallest absolute Gasteiger partial charge is 0.664 e. The van der Waals surface area contributed by atoms with Crippen LogP contribution < -0.4 is 29.6 Å². The van der Waals surface area contributed by atoms with Gasteiger partial charge in [-0.15, -0.1) is 0 Å². The van der Waals surface area contributed by atoms with Crippen LogP contribution in [0.3, 0.4) is 0 Å². The summed E-state index contributed by atoms with van der Waals surface area (Å²) in [6.45, 7) is 6.15. The van der Waals surface area contributed by atoms with Gasteiger partial charge in [-0.05, 0) is 5.57 Å². The molecular weight excluding hydrogens is 217 g/mol. The fourth-order valence-electron chi connectivity index (χ4n) is 0.850. The minimum atomic E-state index is -4.16. The van der Waals surface area contributed by atoms with E-state index < -0.39 is 27.2 Å². The summed E-state index contributed by atoms with van der Waals surface area (Å²) < 4.78 is 29.6. The van der Waals surface area contributed by atoms with Crippen molar-refractivity contribution in [1.82, 2.24) is 0 Å². The van der Waals surface area contributed by atoms with E-state index in [2.05, 4.69) is 6.58 Å². The third-order valence-corrected chi connectivity index (χ3v) is 2.72. The Hall–Kier alpha value is 0.120. The summed E-state index contributed by atoms with van der Waals surface area (Å²) in [5, 5.41) is 0. The predicted molar refractivity (Wildman–Crippen MR) is 48.7 cm³/mol. The summed E-state index contributed by atoms with van der Waals surface area (Å²) in [7, 11) is -4.16. The summed E-state index contributed by atoms with van der Waals surface area (Å²) >= 11 is 0. The topological polar surface area (TPSA) is 95.2 Å². The summed E-state index contributed by atoms with van der Waals surface area (Å²) in [5.41, 5.74) is 5.49. The van der Waals surface area contributed by atoms with Gasteiger partial charge in [-0.25, -0.2) is 0 Å². The van der Waals surface area contributed by atoms with E-state index in [9.17, 15) is 13.2 Å². The summed E-state index contributed by atoms with van der Waals surface area (Å²) in [4.78, 5) is 10.6. The molecular formula is C7H12NNaO4S. The van der Waals surface area contributed by atoms with E-state index in [1.54, 1.807) is 0 Å². The Morgan fingerprint density at radius 1 is 1.50 bits per heavy atom. The maximum atomic E-state index is 10.6. The average Bonchev–Trinajstić information content (AvgIpc) is 1.80. The third-order valence-electron chi connectivity index (χ3n) is 1.63. The van der Waals surface area contributed by atoms with Crippen molar-refractivity contribution in [3.8, 4) is 0 Å². The van der Waals surface area contributed by atoms with Gasteiger partial charge in [0.25, 0.3) is 10.1 Å². The Labute approximate surface area is 106 Å². The van der Waals surface area contributed by atoms with Gasteiger partial charge in [0.05, 0.1) is 11.7 Å². The Bertz CT molecular complexity index is 334. The first-order valence-electron chi connectivity index (χ1n) is 3.47. The number of carbonyl (C=O) groups excluding carboxylic acids is 1. The molecule has 0 heterocycles. The van der Waals surface area contributed by atoms with Gasteiger partial charge in [-0.1, -0.05) is 20.4 Å². The number of amides is 1. The molecule has 5 nitrogen and oxygen atoms in total. The largest absolute Gasteiger partial charge is 1.00 e. The van der Waals surface area contributed by atoms with Gasteiger partial charge in [0, 0.05) is 5.41 Å². The molecule has 0 fully saturated rings. The van der Waals surface area contributed by atoms with Crippen molar-refractivity contribution in [2.24, 2.45) is 5.41 Å². The van der Waals surface area contributed by atoms with Crippen molar-refractivity contribution in [1.29, 1.82) is 0 Å². The molecule has 2 N–H and O–H groups in total. The molecule has 0 saturated heterocycles. The second kappa shape index (κ2) is 5.27. The Morgan fingerprint density at radius 2 is 1.86 bits per heavy atom. The third kappa shape index (κ3) is 5.77. The van der Waals surface area contributed by atoms with Crippen LogP contribution in [-0.4, -0.2) is 24.6 Å². The zero-order valence-corrected chi connectivity index (χ0v) is 11.3. The van der Waals surface area contributed by atoms with Gasteiger partial charge in [-0.2, -0.15) is 8.42 Å². The molecule has 0 spiro atoms. The quantitative estimate of drug-likeness (QED) is 0.344. The van der Waals surface area contributed by atoms with Crippen LogP contribution in [-0.2, 0) is 14.9 Å². The van der Waals surface area contributed by atoms with Gasteiger partial charge in [0.15, 0.2) is 0 Å². The first-order valence-corrected chi connectivity index (χ1v) is 5.07. The fraction of sp³-hybridized carbons (Fsp3) is 0.571. The molecule has 0 aromatic carbocycles. The van der Waals surface area contributed by atoms with Crippen LogP contribution in [0.2, 0.25) is 0 Å². The van der Waals surface area contributed by atoms with Crippen LogP contribution in [0.15, 0.2) is 12.2 Å². The number of carbonyl (C=O) groups is 1. The maximum Gasteiger partial charge on any atom is 1.00 e. The molecule has 14 heavy (non-hydrogen) atoms. The molecule has 0 aliphatic heterocycles. The van der Waals surface area contributed by atoms with Gasteiger partial charge in [-0.3, -0.25) is 4.55 Å². The second-order valence-corrected chi connectivity index (χ2v) is 4.87. The fourth-order valence-corrected chi connectivity index (χ4v) is 1.94. The van der Waals surface area contributed by atoms with Crippen molar-refractivity contribution in [3.63, 3.8) is 0 Å². The van der Waals surface area contributed by atoms with Crippen molar-refractivity contribution in [2.75, 3.05) is 5.75 Å². The molecule has 0 rings (SSSR count). The van der Waals surface area contributed by atoms with Gasteiger partial charge in [0.1, 0.15) is 0 Å². The number of nitrogens with one attached hydrogen (secondary N) is 1. The number of rotatable bonds is 4. The van der Waals surface area contributed by atoms with Gasteiger partial charge in [0.2, 0.25) is 0 Å². The summed E-state index contributed by atoms with van der Waals surface area (Å²) in [6, 6.07) is 0. The van der Waals surface area contributed by atoms with Gasteiger partial charge >= 0.3 is 29.6 Å². The molecule has 1 amide bonds.